The summed E-state index contributed by atoms with van der Waals surface area (Å²) in [6.07, 6.45) is 2.70. The number of aromatic nitrogens is 1. The maximum atomic E-state index is 13.2. The molecule has 2 amide bonds. The molecule has 1 unspecified atom stereocenters. The molecule has 0 fully saturated rings. The molecule has 0 bridgehead atoms. The van der Waals surface area contributed by atoms with Crippen LogP contribution in [-0.4, -0.2) is 35.4 Å². The van der Waals surface area contributed by atoms with Crippen LogP contribution in [0.4, 0.5) is 5.69 Å². The highest BCUT2D eigenvalue weighted by molar-refractivity contribution is 6.05. The van der Waals surface area contributed by atoms with Crippen molar-refractivity contribution < 1.29 is 9.59 Å². The first-order chi connectivity index (χ1) is 15.3. The zero-order chi connectivity index (χ0) is 23.3. The molecule has 0 spiro atoms. The molecular weight excluding hydrogens is 402 g/mol. The van der Waals surface area contributed by atoms with E-state index in [1.54, 1.807) is 48.8 Å². The number of hydrogen-bond donors (Lipinski definition) is 1. The van der Waals surface area contributed by atoms with E-state index in [9.17, 15) is 14.4 Å². The van der Waals surface area contributed by atoms with Crippen LogP contribution in [0.15, 0.2) is 71.7 Å². The highest BCUT2D eigenvalue weighted by Gasteiger charge is 2.19. The first kappa shape index (κ1) is 23.0. The Balaban J connectivity index is 1.82. The quantitative estimate of drug-likeness (QED) is 0.614. The van der Waals surface area contributed by atoms with Gasteiger partial charge in [-0.2, -0.15) is 0 Å². The fraction of sp³-hybridized carbons (Fsp3) is 0.269. The third-order valence-electron chi connectivity index (χ3n) is 5.57. The summed E-state index contributed by atoms with van der Waals surface area (Å²) in [5.41, 5.74) is 2.95. The molecule has 2 aromatic carbocycles. The molecule has 1 aromatic heterocycles. The Morgan fingerprint density at radius 1 is 1.03 bits per heavy atom. The van der Waals surface area contributed by atoms with Crippen molar-refractivity contribution in [3.63, 3.8) is 0 Å². The lowest BCUT2D eigenvalue weighted by Gasteiger charge is -2.18. The molecule has 1 heterocycles. The van der Waals surface area contributed by atoms with E-state index < -0.39 is 5.91 Å². The smallest absolute Gasteiger partial charge is 0.264 e. The fourth-order valence-electron chi connectivity index (χ4n) is 3.59. The van der Waals surface area contributed by atoms with E-state index in [1.807, 2.05) is 55.5 Å². The van der Waals surface area contributed by atoms with Gasteiger partial charge >= 0.3 is 0 Å². The lowest BCUT2D eigenvalue weighted by molar-refractivity contribution is -0.128. The number of rotatable bonds is 7. The summed E-state index contributed by atoms with van der Waals surface area (Å²) in [5, 5.41) is 2.85. The molecule has 6 heteroatoms. The Morgan fingerprint density at radius 3 is 2.44 bits per heavy atom. The number of pyridine rings is 1. The Labute approximate surface area is 188 Å². The fourth-order valence-corrected chi connectivity index (χ4v) is 3.59. The van der Waals surface area contributed by atoms with Crippen LogP contribution < -0.4 is 10.9 Å². The number of benzene rings is 2. The van der Waals surface area contributed by atoms with Gasteiger partial charge in [-0.15, -0.1) is 0 Å². The van der Waals surface area contributed by atoms with Crippen molar-refractivity contribution in [2.45, 2.75) is 32.7 Å². The van der Waals surface area contributed by atoms with Crippen molar-refractivity contribution >= 4 is 17.5 Å². The summed E-state index contributed by atoms with van der Waals surface area (Å²) in [5.74, 6) is -0.393. The monoisotopic (exact) mass is 431 g/mol. The van der Waals surface area contributed by atoms with Gasteiger partial charge in [-0.1, -0.05) is 42.5 Å². The molecule has 166 valence electrons. The molecular formula is C26H29N3O3. The van der Waals surface area contributed by atoms with Crippen LogP contribution >= 0.6 is 0 Å². The number of hydrogen-bond acceptors (Lipinski definition) is 3. The standard InChI is InChI=1S/C26H29N3O3/c1-18-15-16-29(19(2)21-10-6-5-7-11-21)26(32)24(18)25(31)27-22-12-8-9-20(17-22)13-14-23(30)28(3)4/h5-12,15-17,19H,13-14H2,1-4H3,(H,27,31). The van der Waals surface area contributed by atoms with E-state index >= 15 is 0 Å². The van der Waals surface area contributed by atoms with E-state index in [2.05, 4.69) is 5.32 Å². The lowest BCUT2D eigenvalue weighted by atomic mass is 10.1. The SMILES string of the molecule is Cc1ccn(C(C)c2ccccc2)c(=O)c1C(=O)Nc1cccc(CCC(=O)N(C)C)c1. The maximum absolute atomic E-state index is 13.2. The van der Waals surface area contributed by atoms with Gasteiger partial charge in [0.2, 0.25) is 5.91 Å². The van der Waals surface area contributed by atoms with Crippen LogP contribution in [-0.2, 0) is 11.2 Å². The predicted octanol–water partition coefficient (Wildman–Crippen LogP) is 4.04. The average Bonchev–Trinajstić information content (AvgIpc) is 2.78. The van der Waals surface area contributed by atoms with Crippen LogP contribution in [0.2, 0.25) is 0 Å². The molecule has 0 aliphatic rings. The first-order valence-electron chi connectivity index (χ1n) is 10.6. The highest BCUT2D eigenvalue weighted by atomic mass is 16.2. The summed E-state index contributed by atoms with van der Waals surface area (Å²) in [6, 6.07) is 18.7. The maximum Gasteiger partial charge on any atom is 0.264 e. The van der Waals surface area contributed by atoms with Gasteiger partial charge in [-0.25, -0.2) is 0 Å². The summed E-state index contributed by atoms with van der Waals surface area (Å²) in [7, 11) is 3.46. The normalized spacial score (nSPS) is 11.6. The lowest BCUT2D eigenvalue weighted by Crippen LogP contribution is -2.32. The molecule has 0 aliphatic heterocycles. The Hall–Kier alpha value is -3.67. The summed E-state index contributed by atoms with van der Waals surface area (Å²) >= 11 is 0. The van der Waals surface area contributed by atoms with Gasteiger partial charge in [0.25, 0.3) is 11.5 Å². The summed E-state index contributed by atoms with van der Waals surface area (Å²) in [6.45, 7) is 3.70. The van der Waals surface area contributed by atoms with E-state index in [0.717, 1.165) is 11.1 Å². The molecule has 32 heavy (non-hydrogen) atoms. The molecule has 0 saturated heterocycles. The van der Waals surface area contributed by atoms with Crippen molar-refractivity contribution in [1.29, 1.82) is 0 Å². The van der Waals surface area contributed by atoms with Crippen molar-refractivity contribution in [3.8, 4) is 0 Å². The molecule has 0 saturated carbocycles. The number of amides is 2. The van der Waals surface area contributed by atoms with Crippen molar-refractivity contribution in [3.05, 3.63) is 99.5 Å². The minimum Gasteiger partial charge on any atom is -0.349 e. The topological polar surface area (TPSA) is 71.4 Å². The zero-order valence-electron chi connectivity index (χ0n) is 19.0. The summed E-state index contributed by atoms with van der Waals surface area (Å²) < 4.78 is 1.58. The second-order valence-electron chi connectivity index (χ2n) is 8.12. The Bertz CT molecular complexity index is 1170. The van der Waals surface area contributed by atoms with Crippen LogP contribution in [0.5, 0.6) is 0 Å². The number of carbonyl (C=O) groups excluding carboxylic acids is 2. The van der Waals surface area contributed by atoms with Gasteiger partial charge in [-0.05, 0) is 55.2 Å². The second-order valence-corrected chi connectivity index (χ2v) is 8.12. The van der Waals surface area contributed by atoms with E-state index in [4.69, 9.17) is 0 Å². The first-order valence-corrected chi connectivity index (χ1v) is 10.6. The number of nitrogens with one attached hydrogen (secondary N) is 1. The number of nitrogens with zero attached hydrogens (tertiary/aromatic N) is 2. The average molecular weight is 432 g/mol. The molecule has 1 atom stereocenters. The molecule has 0 aliphatic carbocycles. The molecule has 3 rings (SSSR count). The van der Waals surface area contributed by atoms with E-state index in [-0.39, 0.29) is 23.1 Å². The molecule has 3 aromatic rings. The summed E-state index contributed by atoms with van der Waals surface area (Å²) in [4.78, 5) is 39.7. The number of aryl methyl sites for hydroxylation is 2. The van der Waals surface area contributed by atoms with E-state index in [1.165, 1.54) is 0 Å². The number of carbonyl (C=O) groups is 2. The molecule has 6 nitrogen and oxygen atoms in total. The van der Waals surface area contributed by atoms with E-state index in [0.29, 0.717) is 24.1 Å². The van der Waals surface area contributed by atoms with Crippen LogP contribution in [0, 0.1) is 6.92 Å². The minimum atomic E-state index is -0.441. The largest absolute Gasteiger partial charge is 0.349 e. The van der Waals surface area contributed by atoms with Gasteiger partial charge in [0.05, 0.1) is 6.04 Å². The minimum absolute atomic E-state index is 0.0486. The van der Waals surface area contributed by atoms with Crippen LogP contribution in [0.1, 0.15) is 46.4 Å². The molecule has 0 radical (unpaired) electrons. The van der Waals surface area contributed by atoms with Gasteiger partial charge in [0.1, 0.15) is 5.56 Å². The van der Waals surface area contributed by atoms with Gasteiger partial charge in [0.15, 0.2) is 0 Å². The Kier molecular flexibility index (Phi) is 7.25. The van der Waals surface area contributed by atoms with Crippen molar-refractivity contribution in [2.75, 3.05) is 19.4 Å². The van der Waals surface area contributed by atoms with Gasteiger partial charge in [0, 0.05) is 32.4 Å². The third kappa shape index (κ3) is 5.32. The molecule has 1 N–H and O–H groups in total. The van der Waals surface area contributed by atoms with Crippen molar-refractivity contribution in [1.82, 2.24) is 9.47 Å². The van der Waals surface area contributed by atoms with Crippen LogP contribution in [0.3, 0.4) is 0 Å². The van der Waals surface area contributed by atoms with Crippen LogP contribution in [0.25, 0.3) is 0 Å². The van der Waals surface area contributed by atoms with Gasteiger partial charge in [-0.3, -0.25) is 14.4 Å². The predicted molar refractivity (Wildman–Crippen MR) is 127 cm³/mol. The third-order valence-corrected chi connectivity index (χ3v) is 5.57. The Morgan fingerprint density at radius 2 is 1.75 bits per heavy atom. The number of anilines is 1. The van der Waals surface area contributed by atoms with Gasteiger partial charge < -0.3 is 14.8 Å². The highest BCUT2D eigenvalue weighted by Crippen LogP contribution is 2.18. The zero-order valence-corrected chi connectivity index (χ0v) is 19.0. The van der Waals surface area contributed by atoms with Crippen molar-refractivity contribution in [2.24, 2.45) is 0 Å². The second kappa shape index (κ2) is 10.1.